The number of sulfonamides is 1. The minimum atomic E-state index is -3.91. The fourth-order valence-corrected chi connectivity index (χ4v) is 4.83. The molecule has 0 spiro atoms. The number of rotatable bonds is 4. The number of nitro groups is 1. The third kappa shape index (κ3) is 3.58. The Morgan fingerprint density at radius 2 is 2.12 bits per heavy atom. The second-order valence-corrected chi connectivity index (χ2v) is 7.80. The molecule has 1 aliphatic rings. The zero-order valence-electron chi connectivity index (χ0n) is 14.3. The molecular formula is C15H20ClN5O4S. The maximum Gasteiger partial charge on any atom is 0.270 e. The van der Waals surface area contributed by atoms with Gasteiger partial charge in [0.05, 0.1) is 15.9 Å². The molecule has 0 radical (unpaired) electrons. The fraction of sp³-hybridized carbons (Fsp3) is 0.400. The van der Waals surface area contributed by atoms with Crippen molar-refractivity contribution >= 4 is 28.1 Å². The van der Waals surface area contributed by atoms with Crippen LogP contribution in [0.3, 0.4) is 0 Å². The van der Waals surface area contributed by atoms with Gasteiger partial charge in [0, 0.05) is 51.2 Å². The van der Waals surface area contributed by atoms with E-state index in [-0.39, 0.29) is 29.5 Å². The van der Waals surface area contributed by atoms with E-state index in [4.69, 9.17) is 0 Å². The Morgan fingerprint density at radius 1 is 1.38 bits per heavy atom. The monoisotopic (exact) mass is 401 g/mol. The van der Waals surface area contributed by atoms with Gasteiger partial charge in [0.15, 0.2) is 0 Å². The second kappa shape index (κ2) is 7.70. The van der Waals surface area contributed by atoms with E-state index in [2.05, 4.69) is 10.3 Å². The summed E-state index contributed by atoms with van der Waals surface area (Å²) in [7, 11) is -2.10. The van der Waals surface area contributed by atoms with E-state index < -0.39 is 21.0 Å². The molecule has 1 aromatic heterocycles. The Balaban J connectivity index is 0.00000243. The van der Waals surface area contributed by atoms with Crippen molar-refractivity contribution in [2.75, 3.05) is 19.6 Å². The Kier molecular flexibility index (Phi) is 6.02. The molecule has 1 N–H and O–H groups in total. The van der Waals surface area contributed by atoms with Crippen LogP contribution in [-0.4, -0.2) is 46.8 Å². The van der Waals surface area contributed by atoms with Crippen LogP contribution in [0.1, 0.15) is 17.4 Å². The van der Waals surface area contributed by atoms with Crippen LogP contribution < -0.4 is 5.32 Å². The van der Waals surface area contributed by atoms with Crippen molar-refractivity contribution in [1.82, 2.24) is 19.2 Å². The first-order valence-corrected chi connectivity index (χ1v) is 9.21. The molecule has 1 unspecified atom stereocenters. The average Bonchev–Trinajstić information content (AvgIpc) is 3.00. The zero-order valence-corrected chi connectivity index (χ0v) is 16.0. The predicted octanol–water partition coefficient (Wildman–Crippen LogP) is 1.39. The minimum absolute atomic E-state index is 0. The van der Waals surface area contributed by atoms with Gasteiger partial charge in [-0.2, -0.15) is 4.31 Å². The first-order valence-electron chi connectivity index (χ1n) is 7.77. The van der Waals surface area contributed by atoms with E-state index in [0.29, 0.717) is 24.5 Å². The molecule has 1 fully saturated rings. The molecule has 0 bridgehead atoms. The van der Waals surface area contributed by atoms with Gasteiger partial charge in [-0.1, -0.05) is 6.07 Å². The van der Waals surface area contributed by atoms with Gasteiger partial charge < -0.3 is 9.88 Å². The lowest BCUT2D eigenvalue weighted by Crippen LogP contribution is -2.49. The summed E-state index contributed by atoms with van der Waals surface area (Å²) in [6.07, 6.45) is 3.38. The number of nitrogens with zero attached hydrogens (tertiary/aromatic N) is 4. The van der Waals surface area contributed by atoms with Gasteiger partial charge in [-0.25, -0.2) is 13.4 Å². The summed E-state index contributed by atoms with van der Waals surface area (Å²) >= 11 is 0. The highest BCUT2D eigenvalue weighted by molar-refractivity contribution is 7.89. The third-order valence-electron chi connectivity index (χ3n) is 4.32. The Bertz CT molecular complexity index is 915. The molecular weight excluding hydrogens is 382 g/mol. The van der Waals surface area contributed by atoms with Crippen molar-refractivity contribution in [3.8, 4) is 0 Å². The number of aryl methyl sites for hydroxylation is 2. The van der Waals surface area contributed by atoms with E-state index in [1.165, 1.54) is 16.4 Å². The van der Waals surface area contributed by atoms with Crippen LogP contribution in [0.2, 0.25) is 0 Å². The highest BCUT2D eigenvalue weighted by Crippen LogP contribution is 2.31. The van der Waals surface area contributed by atoms with Crippen molar-refractivity contribution < 1.29 is 13.3 Å². The van der Waals surface area contributed by atoms with Gasteiger partial charge in [0.1, 0.15) is 5.82 Å². The van der Waals surface area contributed by atoms with E-state index in [1.807, 2.05) is 0 Å². The van der Waals surface area contributed by atoms with E-state index >= 15 is 0 Å². The number of hydrogen-bond donors (Lipinski definition) is 1. The van der Waals surface area contributed by atoms with Crippen LogP contribution >= 0.6 is 12.4 Å². The van der Waals surface area contributed by atoms with Crippen LogP contribution in [0.5, 0.6) is 0 Å². The summed E-state index contributed by atoms with van der Waals surface area (Å²) in [4.78, 5) is 14.7. The van der Waals surface area contributed by atoms with Crippen LogP contribution in [0.4, 0.5) is 5.69 Å². The summed E-state index contributed by atoms with van der Waals surface area (Å²) < 4.78 is 29.6. The number of nitrogens with one attached hydrogen (secondary N) is 1. The van der Waals surface area contributed by atoms with Crippen molar-refractivity contribution in [1.29, 1.82) is 0 Å². The molecule has 0 aliphatic carbocycles. The van der Waals surface area contributed by atoms with Gasteiger partial charge in [-0.05, 0) is 12.5 Å². The standard InChI is InChI=1S/C15H19N5O4S.ClH/c1-11-3-4-12(20(21)22)9-14(11)25(23,24)19-8-5-16-10-13(19)15-17-6-7-18(15)2;/h3-4,6-7,9,13,16H,5,8,10H2,1-2H3;1H. The number of non-ortho nitro benzene ring substituents is 1. The van der Waals surface area contributed by atoms with E-state index in [9.17, 15) is 18.5 Å². The van der Waals surface area contributed by atoms with Crippen molar-refractivity contribution in [3.63, 3.8) is 0 Å². The molecule has 0 saturated carbocycles. The van der Waals surface area contributed by atoms with Crippen molar-refractivity contribution in [2.45, 2.75) is 17.9 Å². The average molecular weight is 402 g/mol. The Morgan fingerprint density at radius 3 is 2.73 bits per heavy atom. The molecule has 142 valence electrons. The summed E-state index contributed by atoms with van der Waals surface area (Å²) in [5, 5.41) is 14.2. The highest BCUT2D eigenvalue weighted by atomic mass is 35.5. The topological polar surface area (TPSA) is 110 Å². The summed E-state index contributed by atoms with van der Waals surface area (Å²) in [6, 6.07) is 3.42. The second-order valence-electron chi connectivity index (χ2n) is 5.94. The van der Waals surface area contributed by atoms with Gasteiger partial charge in [-0.15, -0.1) is 12.4 Å². The normalized spacial score (nSPS) is 18.3. The Labute approximate surface area is 157 Å². The van der Waals surface area contributed by atoms with Crippen LogP contribution in [0, 0.1) is 17.0 Å². The number of halogens is 1. The van der Waals surface area contributed by atoms with Crippen LogP contribution in [-0.2, 0) is 17.1 Å². The fourth-order valence-electron chi connectivity index (χ4n) is 3.00. The molecule has 0 amide bonds. The van der Waals surface area contributed by atoms with E-state index in [1.54, 1.807) is 30.9 Å². The third-order valence-corrected chi connectivity index (χ3v) is 6.37. The number of imidazole rings is 1. The molecule has 1 aliphatic heterocycles. The zero-order chi connectivity index (χ0) is 18.2. The number of aromatic nitrogens is 2. The SMILES string of the molecule is Cc1ccc([N+](=O)[O-])cc1S(=O)(=O)N1CCNCC1c1nccn1C.Cl. The summed E-state index contributed by atoms with van der Waals surface area (Å²) in [5.41, 5.74) is 0.232. The first kappa shape index (κ1) is 20.3. The molecule has 11 heteroatoms. The van der Waals surface area contributed by atoms with Crippen LogP contribution in [0.25, 0.3) is 0 Å². The quantitative estimate of drug-likeness (QED) is 0.612. The van der Waals surface area contributed by atoms with Gasteiger partial charge in [0.25, 0.3) is 5.69 Å². The maximum absolute atomic E-state index is 13.2. The molecule has 3 rings (SSSR count). The molecule has 1 atom stereocenters. The number of nitro benzene ring substituents is 1. The largest absolute Gasteiger partial charge is 0.337 e. The lowest BCUT2D eigenvalue weighted by molar-refractivity contribution is -0.385. The molecule has 1 saturated heterocycles. The first-order chi connectivity index (χ1) is 11.8. The molecule has 2 aromatic rings. The van der Waals surface area contributed by atoms with Gasteiger partial charge in [-0.3, -0.25) is 10.1 Å². The van der Waals surface area contributed by atoms with Crippen LogP contribution in [0.15, 0.2) is 35.5 Å². The number of hydrogen-bond acceptors (Lipinski definition) is 6. The lowest BCUT2D eigenvalue weighted by atomic mass is 10.2. The van der Waals surface area contributed by atoms with E-state index in [0.717, 1.165) is 6.07 Å². The Hall–Kier alpha value is -2.01. The summed E-state index contributed by atoms with van der Waals surface area (Å²) in [5.74, 6) is 0.624. The molecule has 1 aromatic carbocycles. The lowest BCUT2D eigenvalue weighted by Gasteiger charge is -2.34. The smallest absolute Gasteiger partial charge is 0.270 e. The maximum atomic E-state index is 13.2. The summed E-state index contributed by atoms with van der Waals surface area (Å²) in [6.45, 7) is 2.84. The highest BCUT2D eigenvalue weighted by Gasteiger charge is 2.37. The molecule has 2 heterocycles. The number of piperazine rings is 1. The van der Waals surface area contributed by atoms with Gasteiger partial charge >= 0.3 is 0 Å². The van der Waals surface area contributed by atoms with Crippen molar-refractivity contribution in [3.05, 3.63) is 52.1 Å². The molecule has 9 nitrogen and oxygen atoms in total. The minimum Gasteiger partial charge on any atom is -0.337 e. The predicted molar refractivity (Wildman–Crippen MR) is 97.8 cm³/mol. The van der Waals surface area contributed by atoms with Crippen molar-refractivity contribution in [2.24, 2.45) is 7.05 Å². The van der Waals surface area contributed by atoms with Gasteiger partial charge in [0.2, 0.25) is 10.0 Å². The number of benzene rings is 1. The molecule has 26 heavy (non-hydrogen) atoms.